The molecule has 4 N–H and O–H groups in total. The molecule has 0 spiro atoms. The van der Waals surface area contributed by atoms with Gasteiger partial charge in [-0.25, -0.2) is 0 Å². The Morgan fingerprint density at radius 1 is 0.489 bits per heavy atom. The summed E-state index contributed by atoms with van der Waals surface area (Å²) < 4.78 is 0. The van der Waals surface area contributed by atoms with Gasteiger partial charge < -0.3 is 20.8 Å². The molecule has 0 aliphatic rings. The van der Waals surface area contributed by atoms with Gasteiger partial charge in [0.25, 0.3) is 0 Å². The van der Waals surface area contributed by atoms with Crippen molar-refractivity contribution in [3.05, 3.63) is 142 Å². The first-order valence-corrected chi connectivity index (χ1v) is 15.5. The lowest BCUT2D eigenvalue weighted by Gasteiger charge is -2.39. The van der Waals surface area contributed by atoms with E-state index < -0.39 is 40.5 Å². The van der Waals surface area contributed by atoms with Crippen LogP contribution in [0.15, 0.2) is 97.1 Å². The third-order valence-corrected chi connectivity index (χ3v) is 9.05. The molecule has 0 bridgehead atoms. The number of benzene rings is 4. The summed E-state index contributed by atoms with van der Waals surface area (Å²) in [5, 5.41) is 30.4. The molecule has 45 heavy (non-hydrogen) atoms. The molecule has 2 amide bonds. The largest absolute Gasteiger partial charge is 0.378 e. The molecule has 0 aliphatic carbocycles. The number of carbonyl (C=O) groups is 2. The topological polar surface area (TPSA) is 98.7 Å². The van der Waals surface area contributed by atoms with Crippen LogP contribution in [-0.2, 0) is 20.8 Å². The van der Waals surface area contributed by atoms with Crippen molar-refractivity contribution in [3.63, 3.8) is 0 Å². The standard InChI is InChI=1S/C39H46N2O4/c1-25-9-17-31(18-10-25)38(44,32-19-11-26(2)12-20-32)29(5)40-35(42)37(7,8)36(43)41-30(6)39(45,33-21-13-27(3)14-22-33)34-23-15-28(4)16-24-34/h9-24,29-30,44-45H,1-8H3,(H,40,42)(H,41,43). The predicted molar refractivity (Wildman–Crippen MR) is 180 cm³/mol. The van der Waals surface area contributed by atoms with Crippen molar-refractivity contribution in [2.45, 2.75) is 78.7 Å². The summed E-state index contributed by atoms with van der Waals surface area (Å²) in [4.78, 5) is 27.7. The first kappa shape index (κ1) is 33.6. The van der Waals surface area contributed by atoms with Crippen molar-refractivity contribution < 1.29 is 19.8 Å². The summed E-state index contributed by atoms with van der Waals surface area (Å²) >= 11 is 0. The van der Waals surface area contributed by atoms with Crippen LogP contribution < -0.4 is 10.6 Å². The van der Waals surface area contributed by atoms with Gasteiger partial charge >= 0.3 is 0 Å². The normalized spacial score (nSPS) is 13.6. The van der Waals surface area contributed by atoms with Crippen molar-refractivity contribution in [1.82, 2.24) is 10.6 Å². The molecule has 6 nitrogen and oxygen atoms in total. The lowest BCUT2D eigenvalue weighted by Crippen LogP contribution is -2.58. The average molecular weight is 607 g/mol. The average Bonchev–Trinajstić information content (AvgIpc) is 3.01. The Bertz CT molecular complexity index is 1410. The van der Waals surface area contributed by atoms with E-state index in [1.165, 1.54) is 0 Å². The first-order chi connectivity index (χ1) is 21.1. The van der Waals surface area contributed by atoms with Crippen LogP contribution in [0.4, 0.5) is 0 Å². The number of nitrogens with one attached hydrogen (secondary N) is 2. The zero-order valence-corrected chi connectivity index (χ0v) is 27.6. The number of aliphatic hydroxyl groups is 2. The maximum atomic E-state index is 13.8. The maximum absolute atomic E-state index is 13.8. The highest BCUT2D eigenvalue weighted by Gasteiger charge is 2.45. The lowest BCUT2D eigenvalue weighted by atomic mass is 9.78. The minimum Gasteiger partial charge on any atom is -0.378 e. The van der Waals surface area contributed by atoms with Crippen LogP contribution in [0.25, 0.3) is 0 Å². The van der Waals surface area contributed by atoms with Crippen LogP contribution >= 0.6 is 0 Å². The van der Waals surface area contributed by atoms with E-state index in [-0.39, 0.29) is 0 Å². The van der Waals surface area contributed by atoms with Gasteiger partial charge in [0.05, 0.1) is 12.1 Å². The zero-order chi connectivity index (χ0) is 33.2. The Morgan fingerprint density at radius 3 is 0.889 bits per heavy atom. The van der Waals surface area contributed by atoms with Crippen LogP contribution in [0.1, 0.15) is 72.2 Å². The van der Waals surface area contributed by atoms with Gasteiger partial charge in [-0.1, -0.05) is 119 Å². The number of carbonyl (C=O) groups excluding carboxylic acids is 2. The molecule has 0 aliphatic heterocycles. The molecule has 4 rings (SSSR count). The fourth-order valence-corrected chi connectivity index (χ4v) is 5.63. The van der Waals surface area contributed by atoms with Crippen molar-refractivity contribution in [2.24, 2.45) is 5.41 Å². The van der Waals surface area contributed by atoms with Crippen molar-refractivity contribution >= 4 is 11.8 Å². The second-order valence-corrected chi connectivity index (χ2v) is 13.0. The summed E-state index contributed by atoms with van der Waals surface area (Å²) in [5.41, 5.74) is 2.03. The van der Waals surface area contributed by atoms with E-state index in [1.807, 2.05) is 125 Å². The van der Waals surface area contributed by atoms with E-state index in [2.05, 4.69) is 10.6 Å². The number of rotatable bonds is 10. The molecule has 2 unspecified atom stereocenters. The van der Waals surface area contributed by atoms with E-state index in [1.54, 1.807) is 27.7 Å². The Kier molecular flexibility index (Phi) is 9.71. The fourth-order valence-electron chi connectivity index (χ4n) is 5.63. The molecule has 0 aromatic heterocycles. The lowest BCUT2D eigenvalue weighted by molar-refractivity contribution is -0.144. The monoisotopic (exact) mass is 606 g/mol. The van der Waals surface area contributed by atoms with Crippen molar-refractivity contribution in [2.75, 3.05) is 0 Å². The fraction of sp³-hybridized carbons (Fsp3) is 0.333. The molecule has 4 aromatic carbocycles. The maximum Gasteiger partial charge on any atom is 0.235 e. The van der Waals surface area contributed by atoms with E-state index in [9.17, 15) is 19.8 Å². The Morgan fingerprint density at radius 2 is 0.689 bits per heavy atom. The summed E-state index contributed by atoms with van der Waals surface area (Å²) in [6.45, 7) is 14.5. The van der Waals surface area contributed by atoms with Gasteiger partial charge in [0.15, 0.2) is 0 Å². The molecule has 0 fully saturated rings. The van der Waals surface area contributed by atoms with Crippen molar-refractivity contribution in [3.8, 4) is 0 Å². The van der Waals surface area contributed by atoms with Gasteiger partial charge in [0, 0.05) is 0 Å². The highest BCUT2D eigenvalue weighted by atomic mass is 16.3. The van der Waals surface area contributed by atoms with Crippen LogP contribution in [0, 0.1) is 33.1 Å². The summed E-state index contributed by atoms with van der Waals surface area (Å²) in [6.07, 6.45) is 0. The third-order valence-electron chi connectivity index (χ3n) is 9.05. The van der Waals surface area contributed by atoms with Gasteiger partial charge in [-0.15, -0.1) is 0 Å². The second kappa shape index (κ2) is 13.0. The Labute approximate surface area is 267 Å². The van der Waals surface area contributed by atoms with Crippen LogP contribution in [-0.4, -0.2) is 34.1 Å². The molecule has 0 heterocycles. The number of aryl methyl sites for hydroxylation is 4. The molecule has 0 saturated carbocycles. The highest BCUT2D eigenvalue weighted by molar-refractivity contribution is 6.04. The van der Waals surface area contributed by atoms with E-state index in [4.69, 9.17) is 0 Å². The smallest absolute Gasteiger partial charge is 0.235 e. The van der Waals surface area contributed by atoms with E-state index in [0.717, 1.165) is 22.3 Å². The van der Waals surface area contributed by atoms with Gasteiger partial charge in [0.1, 0.15) is 16.6 Å². The molecule has 236 valence electrons. The number of hydrogen-bond donors (Lipinski definition) is 4. The third kappa shape index (κ3) is 6.73. The number of hydrogen-bond acceptors (Lipinski definition) is 4. The SMILES string of the molecule is Cc1ccc(C(O)(c2ccc(C)cc2)C(C)NC(=O)C(C)(C)C(=O)NC(C)C(O)(c2ccc(C)cc2)c2ccc(C)cc2)cc1. The van der Waals surface area contributed by atoms with Gasteiger partial charge in [0.2, 0.25) is 11.8 Å². The van der Waals surface area contributed by atoms with Gasteiger partial charge in [-0.05, 0) is 77.6 Å². The second-order valence-electron chi connectivity index (χ2n) is 13.0. The van der Waals surface area contributed by atoms with Crippen LogP contribution in [0.2, 0.25) is 0 Å². The minimum absolute atomic E-state index is 0.549. The Hall–Kier alpha value is -4.26. The Balaban J connectivity index is 1.61. The predicted octanol–water partition coefficient (Wildman–Crippen LogP) is 6.13. The van der Waals surface area contributed by atoms with Crippen LogP contribution in [0.3, 0.4) is 0 Å². The van der Waals surface area contributed by atoms with Crippen LogP contribution in [0.5, 0.6) is 0 Å². The summed E-state index contributed by atoms with van der Waals surface area (Å²) in [6, 6.07) is 28.6. The van der Waals surface area contributed by atoms with E-state index in [0.29, 0.717) is 22.3 Å². The van der Waals surface area contributed by atoms with Crippen molar-refractivity contribution in [1.29, 1.82) is 0 Å². The quantitative estimate of drug-likeness (QED) is 0.163. The zero-order valence-electron chi connectivity index (χ0n) is 27.6. The first-order valence-electron chi connectivity index (χ1n) is 15.5. The minimum atomic E-state index is -1.56. The molecule has 4 aromatic rings. The molecule has 2 atom stereocenters. The highest BCUT2D eigenvalue weighted by Crippen LogP contribution is 2.36. The summed E-state index contributed by atoms with van der Waals surface area (Å²) in [7, 11) is 0. The van der Waals surface area contributed by atoms with Gasteiger partial charge in [-0.2, -0.15) is 0 Å². The molecular weight excluding hydrogens is 560 g/mol. The summed E-state index contributed by atoms with van der Waals surface area (Å²) in [5.74, 6) is -1.10. The van der Waals surface area contributed by atoms with E-state index >= 15 is 0 Å². The molecule has 0 radical (unpaired) electrons. The number of amides is 2. The van der Waals surface area contributed by atoms with Gasteiger partial charge in [-0.3, -0.25) is 9.59 Å². The molecular formula is C39H46N2O4. The molecule has 6 heteroatoms. The molecule has 0 saturated heterocycles.